The van der Waals surface area contributed by atoms with Crippen LogP contribution >= 0.6 is 0 Å². The molecule has 3 nitrogen and oxygen atoms in total. The Morgan fingerprint density at radius 1 is 1.50 bits per heavy atom. The van der Waals surface area contributed by atoms with Gasteiger partial charge in [-0.2, -0.15) is 0 Å². The molecule has 2 heterocycles. The van der Waals surface area contributed by atoms with Crippen LogP contribution in [0, 0.1) is 0 Å². The zero-order valence-corrected chi connectivity index (χ0v) is 9.97. The number of aromatic nitrogens is 1. The number of hydrogen-bond acceptors (Lipinski definition) is 3. The highest BCUT2D eigenvalue weighted by Gasteiger charge is 2.26. The lowest BCUT2D eigenvalue weighted by Gasteiger charge is -2.38. The molecule has 88 valence electrons. The summed E-state index contributed by atoms with van der Waals surface area (Å²) in [5.74, 6) is 0. The molecule has 1 aromatic heterocycles. The van der Waals surface area contributed by atoms with Gasteiger partial charge in [0.2, 0.25) is 0 Å². The van der Waals surface area contributed by atoms with Gasteiger partial charge in [-0.1, -0.05) is 12.5 Å². The molecule has 0 aromatic carbocycles. The minimum atomic E-state index is 0.288. The van der Waals surface area contributed by atoms with E-state index in [1.165, 1.54) is 19.3 Å². The summed E-state index contributed by atoms with van der Waals surface area (Å²) in [6.07, 6.45) is 5.76. The summed E-state index contributed by atoms with van der Waals surface area (Å²) in [5.41, 5.74) is 7.03. The van der Waals surface area contributed by atoms with Crippen LogP contribution in [0.25, 0.3) is 0 Å². The van der Waals surface area contributed by atoms with Crippen LogP contribution < -0.4 is 5.73 Å². The second-order valence-corrected chi connectivity index (χ2v) is 4.59. The number of likely N-dealkylation sites (tertiary alicyclic amines) is 1. The fourth-order valence-electron chi connectivity index (χ4n) is 2.58. The van der Waals surface area contributed by atoms with Gasteiger partial charge in [-0.05, 0) is 38.4 Å². The van der Waals surface area contributed by atoms with Gasteiger partial charge in [-0.15, -0.1) is 0 Å². The molecule has 1 aliphatic rings. The fraction of sp³-hybridized carbons (Fsp3) is 0.615. The molecule has 1 fully saturated rings. The Labute approximate surface area is 97.7 Å². The molecular formula is C13H21N3. The summed E-state index contributed by atoms with van der Waals surface area (Å²) < 4.78 is 0. The summed E-state index contributed by atoms with van der Waals surface area (Å²) in [7, 11) is 0. The molecule has 1 aliphatic heterocycles. The Balaban J connectivity index is 2.15. The van der Waals surface area contributed by atoms with Crippen molar-refractivity contribution in [3.63, 3.8) is 0 Å². The third kappa shape index (κ3) is 2.42. The SMILES string of the molecule is CC1CCCCN1C(CN)c1ccccn1. The first kappa shape index (κ1) is 11.6. The van der Waals surface area contributed by atoms with E-state index in [-0.39, 0.29) is 6.04 Å². The van der Waals surface area contributed by atoms with Crippen LogP contribution in [0.2, 0.25) is 0 Å². The Morgan fingerprint density at radius 2 is 2.38 bits per heavy atom. The van der Waals surface area contributed by atoms with Crippen molar-refractivity contribution < 1.29 is 0 Å². The number of pyridine rings is 1. The fourth-order valence-corrected chi connectivity index (χ4v) is 2.58. The molecule has 0 amide bonds. The molecule has 2 unspecified atom stereocenters. The smallest absolute Gasteiger partial charge is 0.0646 e. The number of piperidine rings is 1. The minimum Gasteiger partial charge on any atom is -0.329 e. The van der Waals surface area contributed by atoms with E-state index in [0.29, 0.717) is 12.6 Å². The first-order valence-corrected chi connectivity index (χ1v) is 6.19. The van der Waals surface area contributed by atoms with Crippen molar-refractivity contribution in [3.05, 3.63) is 30.1 Å². The predicted molar refractivity (Wildman–Crippen MR) is 66.1 cm³/mol. The highest BCUT2D eigenvalue weighted by atomic mass is 15.2. The molecular weight excluding hydrogens is 198 g/mol. The van der Waals surface area contributed by atoms with Crippen LogP contribution in [0.1, 0.15) is 37.9 Å². The van der Waals surface area contributed by atoms with E-state index < -0.39 is 0 Å². The average molecular weight is 219 g/mol. The van der Waals surface area contributed by atoms with Crippen molar-refractivity contribution in [3.8, 4) is 0 Å². The van der Waals surface area contributed by atoms with Gasteiger partial charge in [-0.3, -0.25) is 9.88 Å². The number of nitrogens with zero attached hydrogens (tertiary/aromatic N) is 2. The van der Waals surface area contributed by atoms with Crippen LogP contribution in [-0.4, -0.2) is 29.0 Å². The molecule has 1 saturated heterocycles. The van der Waals surface area contributed by atoms with E-state index in [4.69, 9.17) is 5.73 Å². The van der Waals surface area contributed by atoms with Gasteiger partial charge in [0.15, 0.2) is 0 Å². The summed E-state index contributed by atoms with van der Waals surface area (Å²) in [6, 6.07) is 7.00. The van der Waals surface area contributed by atoms with Crippen molar-refractivity contribution in [2.24, 2.45) is 5.73 Å². The van der Waals surface area contributed by atoms with Gasteiger partial charge in [0.1, 0.15) is 0 Å². The summed E-state index contributed by atoms with van der Waals surface area (Å²) in [5, 5.41) is 0. The first-order valence-electron chi connectivity index (χ1n) is 6.19. The predicted octanol–water partition coefficient (Wildman–Crippen LogP) is 1.96. The summed E-state index contributed by atoms with van der Waals surface area (Å²) in [4.78, 5) is 6.94. The second kappa shape index (κ2) is 5.41. The molecule has 2 rings (SSSR count). The topological polar surface area (TPSA) is 42.1 Å². The van der Waals surface area contributed by atoms with Crippen LogP contribution in [0.15, 0.2) is 24.4 Å². The van der Waals surface area contributed by atoms with Crippen LogP contribution in [0.5, 0.6) is 0 Å². The second-order valence-electron chi connectivity index (χ2n) is 4.59. The van der Waals surface area contributed by atoms with Gasteiger partial charge in [-0.25, -0.2) is 0 Å². The lowest BCUT2D eigenvalue weighted by Crippen LogP contribution is -2.43. The van der Waals surface area contributed by atoms with Gasteiger partial charge in [0, 0.05) is 18.8 Å². The maximum absolute atomic E-state index is 5.92. The number of nitrogens with two attached hydrogens (primary N) is 1. The van der Waals surface area contributed by atoms with Gasteiger partial charge in [0.25, 0.3) is 0 Å². The van der Waals surface area contributed by atoms with Crippen LogP contribution in [0.3, 0.4) is 0 Å². The maximum atomic E-state index is 5.92. The normalized spacial score (nSPS) is 24.2. The van der Waals surface area contributed by atoms with E-state index in [1.54, 1.807) is 0 Å². The van der Waals surface area contributed by atoms with Gasteiger partial charge >= 0.3 is 0 Å². The number of hydrogen-bond donors (Lipinski definition) is 1. The van der Waals surface area contributed by atoms with E-state index in [0.717, 1.165) is 12.2 Å². The molecule has 1 aromatic rings. The molecule has 0 radical (unpaired) electrons. The van der Waals surface area contributed by atoms with Crippen LogP contribution in [-0.2, 0) is 0 Å². The molecule has 2 N–H and O–H groups in total. The Kier molecular flexibility index (Phi) is 3.91. The molecule has 2 atom stereocenters. The lowest BCUT2D eigenvalue weighted by molar-refractivity contribution is 0.106. The molecule has 0 saturated carbocycles. The van der Waals surface area contributed by atoms with E-state index in [9.17, 15) is 0 Å². The molecule has 0 spiro atoms. The third-order valence-corrected chi connectivity index (χ3v) is 3.51. The zero-order chi connectivity index (χ0) is 11.4. The van der Waals surface area contributed by atoms with E-state index in [1.807, 2.05) is 18.3 Å². The van der Waals surface area contributed by atoms with Crippen molar-refractivity contribution >= 4 is 0 Å². The third-order valence-electron chi connectivity index (χ3n) is 3.51. The van der Waals surface area contributed by atoms with Gasteiger partial charge in [0.05, 0.1) is 11.7 Å². The molecule has 16 heavy (non-hydrogen) atoms. The zero-order valence-electron chi connectivity index (χ0n) is 9.97. The first-order chi connectivity index (χ1) is 7.83. The van der Waals surface area contributed by atoms with E-state index >= 15 is 0 Å². The minimum absolute atomic E-state index is 0.288. The highest BCUT2D eigenvalue weighted by Crippen LogP contribution is 2.26. The Hall–Kier alpha value is -0.930. The molecule has 3 heteroatoms. The Morgan fingerprint density at radius 3 is 3.00 bits per heavy atom. The molecule has 0 bridgehead atoms. The largest absolute Gasteiger partial charge is 0.329 e. The summed E-state index contributed by atoms with van der Waals surface area (Å²) in [6.45, 7) is 4.10. The van der Waals surface area contributed by atoms with Crippen molar-refractivity contribution in [2.45, 2.75) is 38.3 Å². The molecule has 0 aliphatic carbocycles. The quantitative estimate of drug-likeness (QED) is 0.845. The Bertz CT molecular complexity index is 312. The lowest BCUT2D eigenvalue weighted by atomic mass is 9.99. The van der Waals surface area contributed by atoms with Crippen LogP contribution in [0.4, 0.5) is 0 Å². The standard InChI is InChI=1S/C13H21N3/c1-11-6-3-5-9-16(11)13(10-14)12-7-2-4-8-15-12/h2,4,7-8,11,13H,3,5-6,9-10,14H2,1H3. The summed E-state index contributed by atoms with van der Waals surface area (Å²) >= 11 is 0. The van der Waals surface area contributed by atoms with Crippen molar-refractivity contribution in [1.82, 2.24) is 9.88 Å². The monoisotopic (exact) mass is 219 g/mol. The average Bonchev–Trinajstić information content (AvgIpc) is 2.34. The maximum Gasteiger partial charge on any atom is 0.0646 e. The van der Waals surface area contributed by atoms with Crippen molar-refractivity contribution in [1.29, 1.82) is 0 Å². The van der Waals surface area contributed by atoms with Crippen molar-refractivity contribution in [2.75, 3.05) is 13.1 Å². The van der Waals surface area contributed by atoms with E-state index in [2.05, 4.69) is 22.9 Å². The van der Waals surface area contributed by atoms with Gasteiger partial charge < -0.3 is 5.73 Å². The number of rotatable bonds is 3. The highest BCUT2D eigenvalue weighted by molar-refractivity contribution is 5.10.